The van der Waals surface area contributed by atoms with Crippen molar-refractivity contribution in [1.82, 2.24) is 16.0 Å². The molecule has 0 heterocycles. The third-order valence-electron chi connectivity index (χ3n) is 5.16. The molecule has 0 aliphatic rings. The number of hydrogen-bond acceptors (Lipinski definition) is 10. The van der Waals surface area contributed by atoms with Crippen LogP contribution in [0.3, 0.4) is 0 Å². The van der Waals surface area contributed by atoms with Crippen LogP contribution in [0.1, 0.15) is 24.5 Å². The highest BCUT2D eigenvalue weighted by Gasteiger charge is 2.30. The Hall–Kier alpha value is -4.94. The van der Waals surface area contributed by atoms with Crippen LogP contribution < -0.4 is 16.0 Å². The van der Waals surface area contributed by atoms with E-state index < -0.39 is 67.5 Å². The second-order valence-corrected chi connectivity index (χ2v) is 8.27. The predicted molar refractivity (Wildman–Crippen MR) is 138 cm³/mol. The lowest BCUT2D eigenvalue weighted by atomic mass is 10.1. The zero-order valence-corrected chi connectivity index (χ0v) is 22.0. The van der Waals surface area contributed by atoms with E-state index in [-0.39, 0.29) is 13.2 Å². The maximum absolute atomic E-state index is 13.0. The number of alkyl carbamates (subject to hydrolysis) is 1. The number of methoxy groups -OCH3 is 1. The SMILES string of the molecule is COC(=O)C[C@@H](NC(=O)OCc1ccccc1)C(=O)N[C@H](COC(C)=O)C(=O)NCC(=O)OCc1ccccc1. The smallest absolute Gasteiger partial charge is 0.408 e. The maximum atomic E-state index is 13.0. The minimum Gasteiger partial charge on any atom is -0.469 e. The van der Waals surface area contributed by atoms with Crippen LogP contribution in [-0.4, -0.2) is 68.2 Å². The Morgan fingerprint density at radius 3 is 1.82 bits per heavy atom. The molecule has 0 aromatic heterocycles. The van der Waals surface area contributed by atoms with Crippen molar-refractivity contribution >= 4 is 35.8 Å². The fourth-order valence-corrected chi connectivity index (χ4v) is 3.09. The van der Waals surface area contributed by atoms with Gasteiger partial charge in [0.25, 0.3) is 0 Å². The zero-order chi connectivity index (χ0) is 29.3. The lowest BCUT2D eigenvalue weighted by Crippen LogP contribution is -2.56. The number of amides is 3. The Morgan fingerprint density at radius 2 is 1.27 bits per heavy atom. The van der Waals surface area contributed by atoms with Gasteiger partial charge in [0.15, 0.2) is 0 Å². The van der Waals surface area contributed by atoms with Gasteiger partial charge in [-0.25, -0.2) is 4.79 Å². The minimum atomic E-state index is -1.50. The third kappa shape index (κ3) is 12.1. The molecule has 2 atom stereocenters. The van der Waals surface area contributed by atoms with E-state index in [2.05, 4.69) is 20.7 Å². The number of hydrogen-bond donors (Lipinski definition) is 3. The number of carbonyl (C=O) groups is 6. The number of rotatable bonds is 14. The highest BCUT2D eigenvalue weighted by Crippen LogP contribution is 2.04. The van der Waals surface area contributed by atoms with Crippen molar-refractivity contribution in [3.63, 3.8) is 0 Å². The van der Waals surface area contributed by atoms with Gasteiger partial charge in [-0.15, -0.1) is 0 Å². The van der Waals surface area contributed by atoms with E-state index in [0.29, 0.717) is 5.56 Å². The average Bonchev–Trinajstić information content (AvgIpc) is 2.96. The van der Waals surface area contributed by atoms with Crippen molar-refractivity contribution in [2.75, 3.05) is 20.3 Å². The fraction of sp³-hybridized carbons (Fsp3) is 0.333. The van der Waals surface area contributed by atoms with E-state index in [9.17, 15) is 28.8 Å². The molecular formula is C27H31N3O10. The van der Waals surface area contributed by atoms with Crippen molar-refractivity contribution in [2.24, 2.45) is 0 Å². The maximum Gasteiger partial charge on any atom is 0.408 e. The van der Waals surface area contributed by atoms with Crippen LogP contribution in [0.25, 0.3) is 0 Å². The molecule has 3 amide bonds. The Balaban J connectivity index is 1.99. The van der Waals surface area contributed by atoms with Gasteiger partial charge in [-0.3, -0.25) is 24.0 Å². The number of esters is 3. The second kappa shape index (κ2) is 16.8. The summed E-state index contributed by atoms with van der Waals surface area (Å²) in [6.07, 6.45) is -1.59. The lowest BCUT2D eigenvalue weighted by molar-refractivity contribution is -0.147. The molecule has 0 spiro atoms. The van der Waals surface area contributed by atoms with Gasteiger partial charge in [0.2, 0.25) is 11.8 Å². The molecule has 2 aromatic carbocycles. The Morgan fingerprint density at radius 1 is 0.700 bits per heavy atom. The normalized spacial score (nSPS) is 11.7. The molecular weight excluding hydrogens is 526 g/mol. The molecule has 13 nitrogen and oxygen atoms in total. The van der Waals surface area contributed by atoms with Crippen LogP contribution in [0.15, 0.2) is 60.7 Å². The molecule has 0 bridgehead atoms. The number of benzene rings is 2. The molecule has 0 aliphatic heterocycles. The van der Waals surface area contributed by atoms with E-state index in [0.717, 1.165) is 19.6 Å². The van der Waals surface area contributed by atoms with E-state index in [1.807, 2.05) is 6.07 Å². The standard InChI is InChI=1S/C27H31N3O10/c1-18(31)38-17-22(25(34)28-14-24(33)39-15-19-9-5-3-6-10-19)29-26(35)21(13-23(32)37-2)30-27(36)40-16-20-11-7-4-8-12-20/h3-12,21-22H,13-17H2,1-2H3,(H,28,34)(H,29,35)(H,30,36)/t21-,22-/m1/s1. The van der Waals surface area contributed by atoms with Gasteiger partial charge in [-0.05, 0) is 11.1 Å². The van der Waals surface area contributed by atoms with Crippen molar-refractivity contribution in [3.05, 3.63) is 71.8 Å². The predicted octanol–water partition coefficient (Wildman–Crippen LogP) is 0.752. The van der Waals surface area contributed by atoms with E-state index in [4.69, 9.17) is 14.2 Å². The van der Waals surface area contributed by atoms with Crippen LogP contribution in [0, 0.1) is 0 Å². The van der Waals surface area contributed by atoms with Gasteiger partial charge >= 0.3 is 24.0 Å². The quantitative estimate of drug-likeness (QED) is 0.222. The highest BCUT2D eigenvalue weighted by atomic mass is 16.6. The summed E-state index contributed by atoms with van der Waals surface area (Å²) >= 11 is 0. The van der Waals surface area contributed by atoms with E-state index in [1.165, 1.54) is 0 Å². The molecule has 40 heavy (non-hydrogen) atoms. The molecule has 2 aromatic rings. The first-order valence-electron chi connectivity index (χ1n) is 12.1. The summed E-state index contributed by atoms with van der Waals surface area (Å²) in [7, 11) is 1.10. The molecule has 13 heteroatoms. The van der Waals surface area contributed by atoms with Gasteiger partial charge in [-0.1, -0.05) is 60.7 Å². The summed E-state index contributed by atoms with van der Waals surface area (Å²) in [5.41, 5.74) is 1.43. The summed E-state index contributed by atoms with van der Waals surface area (Å²) in [6, 6.07) is 14.6. The molecule has 214 valence electrons. The molecule has 0 saturated carbocycles. The van der Waals surface area contributed by atoms with Crippen molar-refractivity contribution < 1.29 is 47.7 Å². The second-order valence-electron chi connectivity index (χ2n) is 8.27. The Labute approximate surface area is 230 Å². The van der Waals surface area contributed by atoms with Crippen LogP contribution in [0.5, 0.6) is 0 Å². The molecule has 0 aliphatic carbocycles. The monoisotopic (exact) mass is 557 g/mol. The number of nitrogens with one attached hydrogen (secondary N) is 3. The van der Waals surface area contributed by atoms with Crippen molar-refractivity contribution in [1.29, 1.82) is 0 Å². The fourth-order valence-electron chi connectivity index (χ4n) is 3.09. The van der Waals surface area contributed by atoms with Crippen LogP contribution in [-0.2, 0) is 56.1 Å². The van der Waals surface area contributed by atoms with Gasteiger partial charge in [0, 0.05) is 6.92 Å². The van der Waals surface area contributed by atoms with Crippen molar-refractivity contribution in [2.45, 2.75) is 38.6 Å². The van der Waals surface area contributed by atoms with Gasteiger partial charge in [-0.2, -0.15) is 0 Å². The van der Waals surface area contributed by atoms with Crippen LogP contribution in [0.2, 0.25) is 0 Å². The topological polar surface area (TPSA) is 175 Å². The zero-order valence-electron chi connectivity index (χ0n) is 22.0. The van der Waals surface area contributed by atoms with Gasteiger partial charge in [0.05, 0.1) is 13.5 Å². The summed E-state index contributed by atoms with van der Waals surface area (Å²) in [6.45, 7) is -0.132. The molecule has 0 radical (unpaired) electrons. The van der Waals surface area contributed by atoms with E-state index in [1.54, 1.807) is 54.6 Å². The summed E-state index contributed by atoms with van der Waals surface area (Å²) in [5.74, 6) is -4.16. The number of carbonyl (C=O) groups excluding carboxylic acids is 6. The largest absolute Gasteiger partial charge is 0.469 e. The summed E-state index contributed by atoms with van der Waals surface area (Å²) in [4.78, 5) is 73.2. The first-order valence-corrected chi connectivity index (χ1v) is 12.1. The van der Waals surface area contributed by atoms with Gasteiger partial charge < -0.3 is 34.9 Å². The summed E-state index contributed by atoms with van der Waals surface area (Å²) in [5, 5.41) is 6.86. The number of ether oxygens (including phenoxy) is 4. The average molecular weight is 558 g/mol. The van der Waals surface area contributed by atoms with Crippen LogP contribution >= 0.6 is 0 Å². The minimum absolute atomic E-state index is 0.00952. The first kappa shape index (κ1) is 31.3. The Bertz CT molecular complexity index is 1160. The highest BCUT2D eigenvalue weighted by molar-refractivity contribution is 5.94. The molecule has 3 N–H and O–H groups in total. The summed E-state index contributed by atoms with van der Waals surface area (Å²) < 4.78 is 19.6. The lowest BCUT2D eigenvalue weighted by Gasteiger charge is -2.22. The molecule has 2 rings (SSSR count). The molecule has 0 saturated heterocycles. The van der Waals surface area contributed by atoms with E-state index >= 15 is 0 Å². The molecule has 0 fully saturated rings. The molecule has 0 unspecified atom stereocenters. The first-order chi connectivity index (χ1) is 19.2. The third-order valence-corrected chi connectivity index (χ3v) is 5.16. The Kier molecular flexibility index (Phi) is 13.1. The van der Waals surface area contributed by atoms with Crippen molar-refractivity contribution in [3.8, 4) is 0 Å². The van der Waals surface area contributed by atoms with Crippen LogP contribution in [0.4, 0.5) is 4.79 Å². The van der Waals surface area contributed by atoms with Gasteiger partial charge in [0.1, 0.15) is 38.4 Å².